The molecule has 0 bridgehead atoms. The summed E-state index contributed by atoms with van der Waals surface area (Å²) < 4.78 is 4.79. The lowest BCUT2D eigenvalue weighted by Crippen LogP contribution is -2.39. The molecule has 0 fully saturated rings. The van der Waals surface area contributed by atoms with Gasteiger partial charge in [0, 0.05) is 27.2 Å². The highest BCUT2D eigenvalue weighted by Gasteiger charge is 2.07. The first kappa shape index (κ1) is 12.7. The molecule has 0 spiro atoms. The lowest BCUT2D eigenvalue weighted by molar-refractivity contribution is -0.136. The van der Waals surface area contributed by atoms with Crippen molar-refractivity contribution in [3.63, 3.8) is 0 Å². The molecule has 0 aliphatic rings. The molecule has 6 nitrogen and oxygen atoms in total. The third kappa shape index (κ3) is 6.24. The highest BCUT2D eigenvalue weighted by atomic mass is 16.5. The van der Waals surface area contributed by atoms with Crippen LogP contribution in [0.1, 0.15) is 6.42 Å². The predicted octanol–water partition coefficient (Wildman–Crippen LogP) is -0.251. The quantitative estimate of drug-likeness (QED) is 0.625. The van der Waals surface area contributed by atoms with Gasteiger partial charge in [0.15, 0.2) is 0 Å². The molecule has 0 heterocycles. The molecule has 0 aromatic carbocycles. The van der Waals surface area contributed by atoms with E-state index >= 15 is 0 Å². The summed E-state index contributed by atoms with van der Waals surface area (Å²) in [5, 5.41) is 10.8. The Morgan fingerprint density at radius 1 is 1.50 bits per heavy atom. The minimum atomic E-state index is -0.926. The standard InChI is InChI=1S/C8H16N2O4/c1-10(5-6-14-2)8(13)9-4-3-7(11)12/h3-6H2,1-2H3,(H,9,13)(H,11,12). The summed E-state index contributed by atoms with van der Waals surface area (Å²) in [6.45, 7) is 1.09. The number of carboxylic acid groups (broad SMARTS) is 1. The van der Waals surface area contributed by atoms with Crippen LogP contribution in [0.4, 0.5) is 4.79 Å². The minimum absolute atomic E-state index is 0.0656. The number of urea groups is 1. The molecule has 82 valence electrons. The van der Waals surface area contributed by atoms with Crippen molar-refractivity contribution < 1.29 is 19.4 Å². The Bertz CT molecular complexity index is 196. The highest BCUT2D eigenvalue weighted by molar-refractivity contribution is 5.74. The average Bonchev–Trinajstić information content (AvgIpc) is 2.13. The Morgan fingerprint density at radius 2 is 2.14 bits per heavy atom. The molecule has 0 aromatic rings. The molecule has 0 aliphatic carbocycles. The van der Waals surface area contributed by atoms with Gasteiger partial charge < -0.3 is 20.1 Å². The number of hydrogen-bond acceptors (Lipinski definition) is 3. The fourth-order valence-electron chi connectivity index (χ4n) is 0.741. The van der Waals surface area contributed by atoms with Crippen LogP contribution in [0.15, 0.2) is 0 Å². The lowest BCUT2D eigenvalue weighted by atomic mass is 10.4. The average molecular weight is 204 g/mol. The molecule has 0 rings (SSSR count). The Labute approximate surface area is 82.8 Å². The maximum atomic E-state index is 11.2. The van der Waals surface area contributed by atoms with Crippen molar-refractivity contribution in [3.05, 3.63) is 0 Å². The Hall–Kier alpha value is -1.30. The van der Waals surface area contributed by atoms with Crippen LogP contribution in [0.3, 0.4) is 0 Å². The molecule has 0 aromatic heterocycles. The number of likely N-dealkylation sites (N-methyl/N-ethyl adjacent to an activating group) is 1. The molecule has 14 heavy (non-hydrogen) atoms. The van der Waals surface area contributed by atoms with E-state index in [-0.39, 0.29) is 19.0 Å². The van der Waals surface area contributed by atoms with Crippen LogP contribution in [0.5, 0.6) is 0 Å². The highest BCUT2D eigenvalue weighted by Crippen LogP contribution is 1.85. The number of carbonyl (C=O) groups excluding carboxylic acids is 1. The van der Waals surface area contributed by atoms with Gasteiger partial charge in [-0.2, -0.15) is 0 Å². The number of ether oxygens (including phenoxy) is 1. The summed E-state index contributed by atoms with van der Waals surface area (Å²) in [7, 11) is 3.17. The van der Waals surface area contributed by atoms with Gasteiger partial charge in [-0.25, -0.2) is 4.79 Å². The summed E-state index contributed by atoms with van der Waals surface area (Å²) in [6.07, 6.45) is -0.0656. The second-order valence-electron chi connectivity index (χ2n) is 2.79. The zero-order valence-electron chi connectivity index (χ0n) is 8.45. The van der Waals surface area contributed by atoms with Gasteiger partial charge >= 0.3 is 12.0 Å². The van der Waals surface area contributed by atoms with Crippen molar-refractivity contribution in [1.82, 2.24) is 10.2 Å². The molecule has 0 saturated heterocycles. The fraction of sp³-hybridized carbons (Fsp3) is 0.750. The summed E-state index contributed by atoms with van der Waals surface area (Å²) in [5.41, 5.74) is 0. The largest absolute Gasteiger partial charge is 0.481 e. The fourth-order valence-corrected chi connectivity index (χ4v) is 0.741. The van der Waals surface area contributed by atoms with E-state index < -0.39 is 5.97 Å². The molecule has 2 amide bonds. The molecule has 6 heteroatoms. The number of carboxylic acids is 1. The van der Waals surface area contributed by atoms with Gasteiger partial charge in [0.2, 0.25) is 0 Å². The van der Waals surface area contributed by atoms with Crippen molar-refractivity contribution in [3.8, 4) is 0 Å². The monoisotopic (exact) mass is 204 g/mol. The zero-order valence-corrected chi connectivity index (χ0v) is 8.45. The Balaban J connectivity index is 3.56. The smallest absolute Gasteiger partial charge is 0.317 e. The maximum Gasteiger partial charge on any atom is 0.317 e. The second kappa shape index (κ2) is 7.14. The summed E-state index contributed by atoms with van der Waals surface area (Å²) in [4.78, 5) is 22.8. The van der Waals surface area contributed by atoms with Gasteiger partial charge in [-0.3, -0.25) is 4.79 Å². The number of carbonyl (C=O) groups is 2. The van der Waals surface area contributed by atoms with Crippen LogP contribution in [0.25, 0.3) is 0 Å². The van der Waals surface area contributed by atoms with E-state index in [9.17, 15) is 9.59 Å². The Morgan fingerprint density at radius 3 is 2.64 bits per heavy atom. The molecule has 0 saturated carbocycles. The van der Waals surface area contributed by atoms with Gasteiger partial charge in [-0.15, -0.1) is 0 Å². The summed E-state index contributed by atoms with van der Waals surface area (Å²) >= 11 is 0. The van der Waals surface area contributed by atoms with Gasteiger partial charge in [-0.05, 0) is 0 Å². The van der Waals surface area contributed by atoms with Gasteiger partial charge in [0.05, 0.1) is 13.0 Å². The SMILES string of the molecule is COCCN(C)C(=O)NCCC(=O)O. The summed E-state index contributed by atoms with van der Waals surface area (Å²) in [5.74, 6) is -0.926. The Kier molecular flexibility index (Phi) is 6.47. The number of amides is 2. The topological polar surface area (TPSA) is 78.9 Å². The van der Waals surface area contributed by atoms with Crippen LogP contribution in [-0.4, -0.2) is 55.9 Å². The van der Waals surface area contributed by atoms with E-state index in [2.05, 4.69) is 5.32 Å². The predicted molar refractivity (Wildman–Crippen MR) is 50.2 cm³/mol. The van der Waals surface area contributed by atoms with Crippen molar-refractivity contribution in [2.24, 2.45) is 0 Å². The van der Waals surface area contributed by atoms with Crippen LogP contribution in [0.2, 0.25) is 0 Å². The molecule has 2 N–H and O–H groups in total. The van der Waals surface area contributed by atoms with Crippen molar-refractivity contribution in [1.29, 1.82) is 0 Å². The van der Waals surface area contributed by atoms with Gasteiger partial charge in [0.1, 0.15) is 0 Å². The number of hydrogen-bond donors (Lipinski definition) is 2. The third-order valence-electron chi connectivity index (χ3n) is 1.59. The van der Waals surface area contributed by atoms with E-state index in [1.165, 1.54) is 4.90 Å². The van der Waals surface area contributed by atoms with Gasteiger partial charge in [-0.1, -0.05) is 0 Å². The van der Waals surface area contributed by atoms with Crippen LogP contribution >= 0.6 is 0 Å². The number of aliphatic carboxylic acids is 1. The third-order valence-corrected chi connectivity index (χ3v) is 1.59. The first-order valence-corrected chi connectivity index (χ1v) is 4.27. The zero-order chi connectivity index (χ0) is 11.0. The van der Waals surface area contributed by atoms with Crippen LogP contribution in [0, 0.1) is 0 Å². The van der Waals surface area contributed by atoms with E-state index in [4.69, 9.17) is 9.84 Å². The molecular formula is C8H16N2O4. The normalized spacial score (nSPS) is 9.57. The molecule has 0 unspecified atom stereocenters. The molecular weight excluding hydrogens is 188 g/mol. The minimum Gasteiger partial charge on any atom is -0.481 e. The second-order valence-corrected chi connectivity index (χ2v) is 2.79. The van der Waals surface area contributed by atoms with E-state index in [1.807, 2.05) is 0 Å². The first-order chi connectivity index (χ1) is 6.57. The number of nitrogens with zero attached hydrogens (tertiary/aromatic N) is 1. The molecule has 0 radical (unpaired) electrons. The van der Waals surface area contributed by atoms with Crippen molar-refractivity contribution in [2.45, 2.75) is 6.42 Å². The number of nitrogens with one attached hydrogen (secondary N) is 1. The van der Waals surface area contributed by atoms with Crippen molar-refractivity contribution in [2.75, 3.05) is 33.9 Å². The van der Waals surface area contributed by atoms with E-state index in [1.54, 1.807) is 14.2 Å². The lowest BCUT2D eigenvalue weighted by Gasteiger charge is -2.16. The van der Waals surface area contributed by atoms with E-state index in [0.717, 1.165) is 0 Å². The number of methoxy groups -OCH3 is 1. The summed E-state index contributed by atoms with van der Waals surface area (Å²) in [6, 6.07) is -0.289. The van der Waals surface area contributed by atoms with Crippen LogP contribution in [-0.2, 0) is 9.53 Å². The van der Waals surface area contributed by atoms with Crippen LogP contribution < -0.4 is 5.32 Å². The molecule has 0 atom stereocenters. The maximum absolute atomic E-state index is 11.2. The van der Waals surface area contributed by atoms with E-state index in [0.29, 0.717) is 13.2 Å². The molecule has 0 aliphatic heterocycles. The van der Waals surface area contributed by atoms with Gasteiger partial charge in [0.25, 0.3) is 0 Å². The first-order valence-electron chi connectivity index (χ1n) is 4.27. The van der Waals surface area contributed by atoms with Crippen molar-refractivity contribution >= 4 is 12.0 Å². The number of rotatable bonds is 6.